The van der Waals surface area contributed by atoms with Gasteiger partial charge in [0, 0.05) is 10.6 Å². The van der Waals surface area contributed by atoms with Gasteiger partial charge in [0.2, 0.25) is 0 Å². The number of aliphatic hydroxyl groups is 1. The van der Waals surface area contributed by atoms with E-state index < -0.39 is 11.9 Å². The van der Waals surface area contributed by atoms with Crippen molar-refractivity contribution in [2.75, 3.05) is 0 Å². The van der Waals surface area contributed by atoms with E-state index in [2.05, 4.69) is 13.8 Å². The molecule has 1 nitrogen and oxygen atoms in total. The average Bonchev–Trinajstić information content (AvgIpc) is 2.32. The third-order valence-electron chi connectivity index (χ3n) is 4.37. The minimum Gasteiger partial charge on any atom is -0.388 e. The molecule has 0 aliphatic heterocycles. The summed E-state index contributed by atoms with van der Waals surface area (Å²) < 4.78 is 13.8. The summed E-state index contributed by atoms with van der Waals surface area (Å²) in [6.07, 6.45) is 2.33. The first-order valence-corrected chi connectivity index (χ1v) is 7.00. The number of halogens is 2. The number of hydrogen-bond donors (Lipinski definition) is 1. The van der Waals surface area contributed by atoms with Crippen LogP contribution in [0.5, 0.6) is 0 Å². The quantitative estimate of drug-likeness (QED) is 0.834. The van der Waals surface area contributed by atoms with Gasteiger partial charge in [0.15, 0.2) is 0 Å². The third-order valence-corrected chi connectivity index (χ3v) is 4.60. The Hall–Kier alpha value is -0.600. The maximum absolute atomic E-state index is 13.8. The van der Waals surface area contributed by atoms with Crippen LogP contribution in [0.3, 0.4) is 0 Å². The van der Waals surface area contributed by atoms with Crippen LogP contribution < -0.4 is 0 Å². The highest BCUT2D eigenvalue weighted by atomic mass is 35.5. The van der Waals surface area contributed by atoms with E-state index in [9.17, 15) is 9.50 Å². The van der Waals surface area contributed by atoms with Crippen LogP contribution in [-0.4, -0.2) is 5.11 Å². The second kappa shape index (κ2) is 5.58. The Kier molecular flexibility index (Phi) is 4.29. The SMILES string of the molecule is CC1CCC(C(O)c2ccc(Cl)cc2F)CC1C. The molecule has 4 atom stereocenters. The maximum atomic E-state index is 13.8. The molecule has 0 saturated heterocycles. The largest absolute Gasteiger partial charge is 0.388 e. The predicted octanol–water partition coefficient (Wildman–Crippen LogP) is 4.58. The number of aliphatic hydroxyl groups excluding tert-OH is 1. The lowest BCUT2D eigenvalue weighted by molar-refractivity contribution is 0.0536. The molecule has 1 aliphatic rings. The van der Waals surface area contributed by atoms with Crippen molar-refractivity contribution in [3.05, 3.63) is 34.6 Å². The molecule has 1 fully saturated rings. The summed E-state index contributed by atoms with van der Waals surface area (Å²) in [6, 6.07) is 4.51. The molecule has 0 spiro atoms. The minimum atomic E-state index is -0.711. The molecule has 0 radical (unpaired) electrons. The molecule has 0 bridgehead atoms. The summed E-state index contributed by atoms with van der Waals surface area (Å²) >= 11 is 5.73. The molecule has 18 heavy (non-hydrogen) atoms. The number of hydrogen-bond acceptors (Lipinski definition) is 1. The van der Waals surface area contributed by atoms with Gasteiger partial charge in [-0.2, -0.15) is 0 Å². The van der Waals surface area contributed by atoms with E-state index in [1.165, 1.54) is 6.07 Å². The van der Waals surface area contributed by atoms with Crippen molar-refractivity contribution in [1.29, 1.82) is 0 Å². The number of rotatable bonds is 2. The van der Waals surface area contributed by atoms with Crippen LogP contribution in [-0.2, 0) is 0 Å². The zero-order chi connectivity index (χ0) is 13.3. The topological polar surface area (TPSA) is 20.2 Å². The lowest BCUT2D eigenvalue weighted by Gasteiger charge is -2.34. The van der Waals surface area contributed by atoms with Crippen molar-refractivity contribution in [2.24, 2.45) is 17.8 Å². The van der Waals surface area contributed by atoms with Gasteiger partial charge in [-0.25, -0.2) is 4.39 Å². The molecule has 1 aliphatic carbocycles. The van der Waals surface area contributed by atoms with E-state index in [1.807, 2.05) is 0 Å². The van der Waals surface area contributed by atoms with Crippen molar-refractivity contribution in [2.45, 2.75) is 39.2 Å². The molecule has 0 heterocycles. The zero-order valence-electron chi connectivity index (χ0n) is 10.9. The van der Waals surface area contributed by atoms with Gasteiger partial charge in [0.1, 0.15) is 5.82 Å². The molecular formula is C15H20ClFO. The van der Waals surface area contributed by atoms with Gasteiger partial charge < -0.3 is 5.11 Å². The minimum absolute atomic E-state index is 0.159. The Balaban J connectivity index is 2.13. The maximum Gasteiger partial charge on any atom is 0.130 e. The Labute approximate surface area is 113 Å². The average molecular weight is 271 g/mol. The highest BCUT2D eigenvalue weighted by Gasteiger charge is 2.31. The van der Waals surface area contributed by atoms with E-state index in [1.54, 1.807) is 12.1 Å². The van der Waals surface area contributed by atoms with Crippen LogP contribution in [0.15, 0.2) is 18.2 Å². The molecule has 0 amide bonds. The van der Waals surface area contributed by atoms with Crippen LogP contribution in [0.2, 0.25) is 5.02 Å². The summed E-state index contributed by atoms with van der Waals surface area (Å²) in [4.78, 5) is 0. The van der Waals surface area contributed by atoms with E-state index in [0.29, 0.717) is 22.4 Å². The molecule has 100 valence electrons. The second-order valence-corrected chi connectivity index (χ2v) is 6.07. The lowest BCUT2D eigenvalue weighted by Crippen LogP contribution is -2.25. The molecule has 1 saturated carbocycles. The molecule has 2 rings (SSSR count). The first-order valence-electron chi connectivity index (χ1n) is 6.62. The molecule has 1 N–H and O–H groups in total. The van der Waals surface area contributed by atoms with Crippen molar-refractivity contribution < 1.29 is 9.50 Å². The Bertz CT molecular complexity index is 421. The van der Waals surface area contributed by atoms with E-state index in [4.69, 9.17) is 11.6 Å². The van der Waals surface area contributed by atoms with Crippen molar-refractivity contribution >= 4 is 11.6 Å². The Morgan fingerprint density at radius 3 is 2.61 bits per heavy atom. The summed E-state index contributed by atoms with van der Waals surface area (Å²) in [5, 5.41) is 10.7. The van der Waals surface area contributed by atoms with E-state index in [-0.39, 0.29) is 5.92 Å². The normalized spacial score (nSPS) is 30.2. The fourth-order valence-corrected chi connectivity index (χ4v) is 3.03. The first kappa shape index (κ1) is 13.8. The van der Waals surface area contributed by atoms with Gasteiger partial charge in [-0.1, -0.05) is 37.9 Å². The molecule has 1 aromatic rings. The highest BCUT2D eigenvalue weighted by molar-refractivity contribution is 6.30. The highest BCUT2D eigenvalue weighted by Crippen LogP contribution is 2.40. The van der Waals surface area contributed by atoms with Crippen LogP contribution in [0.4, 0.5) is 4.39 Å². The van der Waals surface area contributed by atoms with E-state index >= 15 is 0 Å². The van der Waals surface area contributed by atoms with Crippen molar-refractivity contribution in [3.8, 4) is 0 Å². The van der Waals surface area contributed by atoms with Crippen LogP contribution in [0.1, 0.15) is 44.8 Å². The van der Waals surface area contributed by atoms with Gasteiger partial charge in [0.25, 0.3) is 0 Å². The van der Waals surface area contributed by atoms with Gasteiger partial charge in [-0.05, 0) is 42.7 Å². The van der Waals surface area contributed by atoms with Crippen LogP contribution in [0.25, 0.3) is 0 Å². The lowest BCUT2D eigenvalue weighted by atomic mass is 9.73. The summed E-state index contributed by atoms with van der Waals surface area (Å²) in [5.41, 5.74) is 0.381. The zero-order valence-corrected chi connectivity index (χ0v) is 11.6. The monoisotopic (exact) mass is 270 g/mol. The second-order valence-electron chi connectivity index (χ2n) is 5.64. The Morgan fingerprint density at radius 1 is 1.28 bits per heavy atom. The van der Waals surface area contributed by atoms with Crippen LogP contribution in [0, 0.1) is 23.6 Å². The molecule has 1 aromatic carbocycles. The van der Waals surface area contributed by atoms with Crippen LogP contribution >= 0.6 is 11.6 Å². The number of benzene rings is 1. The van der Waals surface area contributed by atoms with Gasteiger partial charge >= 0.3 is 0 Å². The molecular weight excluding hydrogens is 251 g/mol. The van der Waals surface area contributed by atoms with Gasteiger partial charge in [-0.3, -0.25) is 0 Å². The van der Waals surface area contributed by atoms with Crippen molar-refractivity contribution in [3.63, 3.8) is 0 Å². The van der Waals surface area contributed by atoms with Crippen molar-refractivity contribution in [1.82, 2.24) is 0 Å². The molecule has 3 heteroatoms. The molecule has 0 aromatic heterocycles. The van der Waals surface area contributed by atoms with Gasteiger partial charge in [0.05, 0.1) is 6.10 Å². The van der Waals surface area contributed by atoms with E-state index in [0.717, 1.165) is 19.3 Å². The standard InChI is InChI=1S/C15H20ClFO/c1-9-3-4-11(7-10(9)2)15(18)13-6-5-12(16)8-14(13)17/h5-6,8-11,15,18H,3-4,7H2,1-2H3. The smallest absolute Gasteiger partial charge is 0.130 e. The first-order chi connectivity index (χ1) is 8.49. The predicted molar refractivity (Wildman–Crippen MR) is 72.0 cm³/mol. The summed E-state index contributed by atoms with van der Waals surface area (Å²) in [6.45, 7) is 4.46. The third kappa shape index (κ3) is 2.86. The Morgan fingerprint density at radius 2 is 2.00 bits per heavy atom. The molecule has 4 unspecified atom stereocenters. The summed E-state index contributed by atoms with van der Waals surface area (Å²) in [7, 11) is 0. The van der Waals surface area contributed by atoms with Gasteiger partial charge in [-0.15, -0.1) is 0 Å². The fraction of sp³-hybridized carbons (Fsp3) is 0.600. The fourth-order valence-electron chi connectivity index (χ4n) is 2.87. The summed E-state index contributed by atoms with van der Waals surface area (Å²) in [5.74, 6) is 1.05.